The molecule has 0 aliphatic carbocycles. The summed E-state index contributed by atoms with van der Waals surface area (Å²) in [6, 6.07) is 11.9. The Morgan fingerprint density at radius 3 is 3.09 bits per heavy atom. The number of rotatable bonds is 4. The standard InChI is InChI=1S/C18H19N3O2/c1-22-15-5-2-4-14(11-15)21-17(10-13-7-9-23-12-13)20-16-6-3-8-19-18(16)21/h2-6,8,11,13H,7,9-10,12H2,1H3. The van der Waals surface area contributed by atoms with Gasteiger partial charge in [0.05, 0.1) is 12.8 Å². The molecular formula is C18H19N3O2. The van der Waals surface area contributed by atoms with Crippen molar-refractivity contribution >= 4 is 11.2 Å². The van der Waals surface area contributed by atoms with E-state index < -0.39 is 0 Å². The molecule has 0 radical (unpaired) electrons. The molecule has 0 bridgehead atoms. The molecule has 0 saturated carbocycles. The molecule has 3 heterocycles. The number of pyridine rings is 1. The predicted molar refractivity (Wildman–Crippen MR) is 88.0 cm³/mol. The van der Waals surface area contributed by atoms with Crippen molar-refractivity contribution in [2.45, 2.75) is 12.8 Å². The van der Waals surface area contributed by atoms with Crippen molar-refractivity contribution < 1.29 is 9.47 Å². The summed E-state index contributed by atoms with van der Waals surface area (Å²) in [4.78, 5) is 9.35. The highest BCUT2D eigenvalue weighted by Gasteiger charge is 2.21. The summed E-state index contributed by atoms with van der Waals surface area (Å²) in [5.41, 5.74) is 2.83. The van der Waals surface area contributed by atoms with Crippen molar-refractivity contribution in [1.29, 1.82) is 0 Å². The smallest absolute Gasteiger partial charge is 0.164 e. The van der Waals surface area contributed by atoms with E-state index in [1.165, 1.54) is 0 Å². The van der Waals surface area contributed by atoms with E-state index in [0.29, 0.717) is 5.92 Å². The van der Waals surface area contributed by atoms with Gasteiger partial charge in [-0.1, -0.05) is 6.07 Å². The van der Waals surface area contributed by atoms with E-state index in [4.69, 9.17) is 14.5 Å². The number of ether oxygens (including phenoxy) is 2. The second-order valence-electron chi connectivity index (χ2n) is 5.84. The number of hydrogen-bond donors (Lipinski definition) is 0. The van der Waals surface area contributed by atoms with Gasteiger partial charge in [-0.25, -0.2) is 9.97 Å². The largest absolute Gasteiger partial charge is 0.497 e. The van der Waals surface area contributed by atoms with Crippen molar-refractivity contribution in [3.05, 3.63) is 48.4 Å². The number of methoxy groups -OCH3 is 1. The van der Waals surface area contributed by atoms with Crippen LogP contribution in [0.2, 0.25) is 0 Å². The van der Waals surface area contributed by atoms with Gasteiger partial charge in [0, 0.05) is 31.9 Å². The number of aromatic nitrogens is 3. The van der Waals surface area contributed by atoms with Crippen molar-refractivity contribution in [2.75, 3.05) is 20.3 Å². The minimum atomic E-state index is 0.524. The highest BCUT2D eigenvalue weighted by molar-refractivity contribution is 5.74. The SMILES string of the molecule is COc1cccc(-n2c(CC3CCOC3)nc3cccnc32)c1. The number of nitrogens with zero attached hydrogens (tertiary/aromatic N) is 3. The quantitative estimate of drug-likeness (QED) is 0.743. The lowest BCUT2D eigenvalue weighted by Crippen LogP contribution is -2.10. The van der Waals surface area contributed by atoms with Crippen LogP contribution in [0.15, 0.2) is 42.6 Å². The van der Waals surface area contributed by atoms with Crippen LogP contribution >= 0.6 is 0 Å². The molecule has 5 nitrogen and oxygen atoms in total. The first-order valence-electron chi connectivity index (χ1n) is 7.89. The first-order chi connectivity index (χ1) is 11.3. The Kier molecular flexibility index (Phi) is 3.71. The van der Waals surface area contributed by atoms with Crippen LogP contribution < -0.4 is 4.74 Å². The maximum absolute atomic E-state index is 5.51. The Hall–Kier alpha value is -2.40. The van der Waals surface area contributed by atoms with E-state index in [0.717, 1.165) is 54.5 Å². The number of fused-ring (bicyclic) bond motifs is 1. The molecule has 118 valence electrons. The Morgan fingerprint density at radius 1 is 1.30 bits per heavy atom. The number of hydrogen-bond acceptors (Lipinski definition) is 4. The monoisotopic (exact) mass is 309 g/mol. The molecule has 1 aromatic carbocycles. The van der Waals surface area contributed by atoms with Crippen LogP contribution in [0.5, 0.6) is 5.75 Å². The lowest BCUT2D eigenvalue weighted by molar-refractivity contribution is 0.185. The van der Waals surface area contributed by atoms with Gasteiger partial charge >= 0.3 is 0 Å². The van der Waals surface area contributed by atoms with Crippen LogP contribution in [0.4, 0.5) is 0 Å². The lowest BCUT2D eigenvalue weighted by Gasteiger charge is -2.12. The molecule has 1 unspecified atom stereocenters. The molecule has 1 aliphatic heterocycles. The third-order valence-electron chi connectivity index (χ3n) is 4.29. The van der Waals surface area contributed by atoms with Crippen LogP contribution in [0.1, 0.15) is 12.2 Å². The van der Waals surface area contributed by atoms with Crippen molar-refractivity contribution in [3.8, 4) is 11.4 Å². The Labute approximate surface area is 134 Å². The minimum absolute atomic E-state index is 0.524. The third kappa shape index (κ3) is 2.68. The van der Waals surface area contributed by atoms with Crippen LogP contribution in [0.3, 0.4) is 0 Å². The summed E-state index contributed by atoms with van der Waals surface area (Å²) in [7, 11) is 1.68. The summed E-state index contributed by atoms with van der Waals surface area (Å²) < 4.78 is 13.0. The summed E-state index contributed by atoms with van der Waals surface area (Å²) in [5.74, 6) is 2.38. The lowest BCUT2D eigenvalue weighted by atomic mass is 10.0. The zero-order valence-electron chi connectivity index (χ0n) is 13.1. The van der Waals surface area contributed by atoms with Gasteiger partial charge in [-0.2, -0.15) is 0 Å². The van der Waals surface area contributed by atoms with Gasteiger partial charge in [0.1, 0.15) is 17.1 Å². The second kappa shape index (κ2) is 6.01. The van der Waals surface area contributed by atoms with Crippen LogP contribution in [0, 0.1) is 5.92 Å². The summed E-state index contributed by atoms with van der Waals surface area (Å²) in [6.07, 6.45) is 3.80. The maximum Gasteiger partial charge on any atom is 0.164 e. The molecule has 1 aliphatic rings. The molecule has 0 spiro atoms. The van der Waals surface area contributed by atoms with E-state index in [1.807, 2.05) is 36.5 Å². The molecule has 3 aromatic rings. The molecule has 2 aromatic heterocycles. The fourth-order valence-electron chi connectivity index (χ4n) is 3.12. The Balaban J connectivity index is 1.84. The fraction of sp³-hybridized carbons (Fsp3) is 0.333. The van der Waals surface area contributed by atoms with E-state index in [9.17, 15) is 0 Å². The van der Waals surface area contributed by atoms with Crippen molar-refractivity contribution in [1.82, 2.24) is 14.5 Å². The summed E-state index contributed by atoms with van der Waals surface area (Å²) in [5, 5.41) is 0. The number of imidazole rings is 1. The topological polar surface area (TPSA) is 49.2 Å². The average Bonchev–Trinajstić information content (AvgIpc) is 3.22. The molecule has 23 heavy (non-hydrogen) atoms. The maximum atomic E-state index is 5.51. The zero-order chi connectivity index (χ0) is 15.6. The normalized spacial score (nSPS) is 17.7. The van der Waals surface area contributed by atoms with Gasteiger partial charge in [0.2, 0.25) is 0 Å². The molecule has 5 heteroatoms. The molecular weight excluding hydrogens is 290 g/mol. The van der Waals surface area contributed by atoms with Crippen molar-refractivity contribution in [3.63, 3.8) is 0 Å². The van der Waals surface area contributed by atoms with E-state index >= 15 is 0 Å². The molecule has 1 atom stereocenters. The fourth-order valence-corrected chi connectivity index (χ4v) is 3.12. The average molecular weight is 309 g/mol. The van der Waals surface area contributed by atoms with Gasteiger partial charge in [0.25, 0.3) is 0 Å². The first-order valence-corrected chi connectivity index (χ1v) is 7.89. The van der Waals surface area contributed by atoms with Crippen molar-refractivity contribution in [2.24, 2.45) is 5.92 Å². The number of benzene rings is 1. The van der Waals surface area contributed by atoms with Gasteiger partial charge in [0.15, 0.2) is 5.65 Å². The predicted octanol–water partition coefficient (Wildman–Crippen LogP) is 3.01. The van der Waals surface area contributed by atoms with Gasteiger partial charge in [-0.15, -0.1) is 0 Å². The molecule has 1 fully saturated rings. The van der Waals surface area contributed by atoms with E-state index in [1.54, 1.807) is 7.11 Å². The highest BCUT2D eigenvalue weighted by Crippen LogP contribution is 2.26. The first kappa shape index (κ1) is 14.2. The Morgan fingerprint density at radius 2 is 2.26 bits per heavy atom. The molecule has 0 amide bonds. The third-order valence-corrected chi connectivity index (χ3v) is 4.29. The minimum Gasteiger partial charge on any atom is -0.497 e. The van der Waals surface area contributed by atoms with E-state index in [-0.39, 0.29) is 0 Å². The van der Waals surface area contributed by atoms with Crippen LogP contribution in [-0.2, 0) is 11.2 Å². The van der Waals surface area contributed by atoms with Gasteiger partial charge in [-0.3, -0.25) is 4.57 Å². The van der Waals surface area contributed by atoms with Gasteiger partial charge < -0.3 is 9.47 Å². The van der Waals surface area contributed by atoms with Gasteiger partial charge in [-0.05, 0) is 36.6 Å². The zero-order valence-corrected chi connectivity index (χ0v) is 13.1. The molecule has 1 saturated heterocycles. The van der Waals surface area contributed by atoms with E-state index in [2.05, 4.69) is 15.6 Å². The highest BCUT2D eigenvalue weighted by atomic mass is 16.5. The summed E-state index contributed by atoms with van der Waals surface area (Å²) in [6.45, 7) is 1.66. The molecule has 0 N–H and O–H groups in total. The van der Waals surface area contributed by atoms with Crippen LogP contribution in [-0.4, -0.2) is 34.9 Å². The summed E-state index contributed by atoms with van der Waals surface area (Å²) >= 11 is 0. The second-order valence-corrected chi connectivity index (χ2v) is 5.84. The molecule has 4 rings (SSSR count). The Bertz CT molecular complexity index is 822. The van der Waals surface area contributed by atoms with Crippen LogP contribution in [0.25, 0.3) is 16.9 Å².